The van der Waals surface area contributed by atoms with Crippen LogP contribution in [0, 0.1) is 0 Å². The Balaban J connectivity index is 0. The van der Waals surface area contributed by atoms with E-state index < -0.39 is 20.0 Å². The molecule has 2 unspecified atom stereocenters. The predicted molar refractivity (Wildman–Crippen MR) is 197 cm³/mol. The Kier molecular flexibility index (Phi) is 36.9. The van der Waals surface area contributed by atoms with Crippen LogP contribution in [-0.2, 0) is 14.2 Å². The minimum absolute atomic E-state index is 0.182. The highest BCUT2D eigenvalue weighted by atomic mass is 31.2. The molecule has 0 aromatic rings. The average Bonchev–Trinajstić information content (AvgIpc) is 3.03. The highest BCUT2D eigenvalue weighted by Crippen LogP contribution is 2.25. The maximum Gasteiger partial charge on any atom is 0.466 e. The van der Waals surface area contributed by atoms with E-state index in [2.05, 4.69) is 38.2 Å². The molecule has 9 heteroatoms. The molecular formula is C38H74NO7P. The Bertz CT molecular complexity index is 748. The molecule has 0 aromatic carbocycles. The molecule has 2 atom stereocenters. The van der Waals surface area contributed by atoms with E-state index in [1.807, 2.05) is 0 Å². The van der Waals surface area contributed by atoms with Crippen molar-refractivity contribution in [1.29, 1.82) is 0 Å². The Morgan fingerprint density at radius 2 is 0.766 bits per heavy atom. The van der Waals surface area contributed by atoms with Crippen LogP contribution in [0.1, 0.15) is 194 Å². The fourth-order valence-electron chi connectivity index (χ4n) is 5.43. The molecule has 0 aliphatic rings. The van der Waals surface area contributed by atoms with E-state index in [1.54, 1.807) is 0 Å². The molecule has 0 rings (SSSR count). The second-order valence-electron chi connectivity index (χ2n) is 13.1. The Hall–Kier alpha value is -1.15. The molecule has 0 bridgehead atoms. The van der Waals surface area contributed by atoms with E-state index in [4.69, 9.17) is 25.0 Å². The number of ketones is 2. The predicted octanol–water partition coefficient (Wildman–Crippen LogP) is 9.96. The molecule has 0 heterocycles. The third-order valence-electron chi connectivity index (χ3n) is 8.41. The van der Waals surface area contributed by atoms with Crippen LogP contribution in [0.2, 0.25) is 0 Å². The third kappa shape index (κ3) is 40.9. The number of hydrogen-bond donors (Lipinski definition) is 5. The molecule has 0 radical (unpaired) electrons. The summed E-state index contributed by atoms with van der Waals surface area (Å²) in [6.07, 6.45) is 40.1. The van der Waals surface area contributed by atoms with E-state index in [0.717, 1.165) is 51.4 Å². The first kappa shape index (κ1) is 48.0. The minimum atomic E-state index is -4.64. The van der Waals surface area contributed by atoms with Crippen molar-refractivity contribution < 1.29 is 33.9 Å². The second kappa shape index (κ2) is 36.1. The Morgan fingerprint density at radius 3 is 1.09 bits per heavy atom. The van der Waals surface area contributed by atoms with Crippen molar-refractivity contribution in [3.05, 3.63) is 24.3 Å². The highest BCUT2D eigenvalue weighted by Gasteiger charge is 2.27. The minimum Gasteiger partial charge on any atom is -0.383 e. The lowest BCUT2D eigenvalue weighted by atomic mass is 9.96. The van der Waals surface area contributed by atoms with E-state index in [0.29, 0.717) is 12.8 Å². The summed E-state index contributed by atoms with van der Waals surface area (Å²) in [7, 11) is -4.64. The highest BCUT2D eigenvalue weighted by molar-refractivity contribution is 7.45. The summed E-state index contributed by atoms with van der Waals surface area (Å²) in [6, 6.07) is -1.07. The molecular weight excluding hydrogens is 613 g/mol. The molecule has 6 N–H and O–H groups in total. The third-order valence-corrected chi connectivity index (χ3v) is 8.41. The van der Waals surface area contributed by atoms with Crippen LogP contribution < -0.4 is 5.73 Å². The largest absolute Gasteiger partial charge is 0.466 e. The van der Waals surface area contributed by atoms with Gasteiger partial charge in [-0.3, -0.25) is 9.59 Å². The monoisotopic (exact) mass is 688 g/mol. The lowest BCUT2D eigenvalue weighted by molar-refractivity contribution is -0.134. The average molecular weight is 688 g/mol. The first-order valence-electron chi connectivity index (χ1n) is 19.1. The standard InChI is InChI=1S/C38H71NO3.H3O4P/c1-3-5-7-9-11-13-15-17-19-21-23-25-27-29-31-33-35(40)37(39)38(42)36(41)34-32-30-28-26-24-22-20-18-16-14-12-10-8-6-4-2;1-5(2,3)4/h17-20,37-38,42H,3-16,21-34,39H2,1-2H3;(H3,1,2,3,4)/b19-17-,20-18-;. The number of carbonyl (C=O) groups excluding carboxylic acids is 2. The SMILES string of the molecule is CCCCCCCC/C=C\CCCCCCCC(=O)C(N)C(O)C(=O)CCCCCCC/C=C\CCCCCCCC.O=P(O)(O)O. The first-order valence-corrected chi connectivity index (χ1v) is 20.7. The molecule has 0 saturated carbocycles. The number of phosphoric acid groups is 1. The summed E-state index contributed by atoms with van der Waals surface area (Å²) in [5, 5.41) is 10.3. The van der Waals surface area contributed by atoms with Crippen LogP contribution in [0.25, 0.3) is 0 Å². The number of allylic oxidation sites excluding steroid dienone is 4. The molecule has 0 spiro atoms. The smallest absolute Gasteiger partial charge is 0.383 e. The van der Waals surface area contributed by atoms with Gasteiger partial charge in [0.15, 0.2) is 11.6 Å². The summed E-state index contributed by atoms with van der Waals surface area (Å²) < 4.78 is 8.88. The van der Waals surface area contributed by atoms with Crippen LogP contribution in [0.3, 0.4) is 0 Å². The van der Waals surface area contributed by atoms with Crippen LogP contribution in [-0.4, -0.2) is 43.5 Å². The van der Waals surface area contributed by atoms with Gasteiger partial charge in [-0.05, 0) is 64.2 Å². The number of carbonyl (C=O) groups is 2. The fraction of sp³-hybridized carbons (Fsp3) is 0.842. The second-order valence-corrected chi connectivity index (χ2v) is 14.1. The topological polar surface area (TPSA) is 158 Å². The normalized spacial score (nSPS) is 13.2. The van der Waals surface area contributed by atoms with Crippen molar-refractivity contribution in [3.8, 4) is 0 Å². The van der Waals surface area contributed by atoms with Crippen LogP contribution in [0.15, 0.2) is 24.3 Å². The van der Waals surface area contributed by atoms with Gasteiger partial charge >= 0.3 is 7.82 Å². The number of unbranched alkanes of at least 4 members (excludes halogenated alkanes) is 22. The van der Waals surface area contributed by atoms with Gasteiger partial charge in [0.05, 0.1) is 6.04 Å². The summed E-state index contributed by atoms with van der Waals surface area (Å²) in [5.41, 5.74) is 5.94. The summed E-state index contributed by atoms with van der Waals surface area (Å²) in [5.74, 6) is -0.462. The van der Waals surface area contributed by atoms with Gasteiger partial charge in [-0.1, -0.05) is 141 Å². The van der Waals surface area contributed by atoms with E-state index in [1.165, 1.54) is 116 Å². The number of hydrogen-bond acceptors (Lipinski definition) is 5. The maximum atomic E-state index is 12.4. The van der Waals surface area contributed by atoms with Crippen LogP contribution >= 0.6 is 7.82 Å². The van der Waals surface area contributed by atoms with E-state index >= 15 is 0 Å². The van der Waals surface area contributed by atoms with Gasteiger partial charge in [-0.2, -0.15) is 0 Å². The van der Waals surface area contributed by atoms with Gasteiger partial charge < -0.3 is 25.5 Å². The van der Waals surface area contributed by atoms with Crippen molar-refractivity contribution in [1.82, 2.24) is 0 Å². The summed E-state index contributed by atoms with van der Waals surface area (Å²) in [6.45, 7) is 4.52. The zero-order chi connectivity index (χ0) is 35.4. The molecule has 0 aromatic heterocycles. The van der Waals surface area contributed by atoms with Crippen LogP contribution in [0.4, 0.5) is 0 Å². The molecule has 0 fully saturated rings. The molecule has 47 heavy (non-hydrogen) atoms. The van der Waals surface area contributed by atoms with Gasteiger partial charge in [0.2, 0.25) is 0 Å². The Morgan fingerprint density at radius 1 is 0.511 bits per heavy atom. The molecule has 278 valence electrons. The molecule has 0 saturated heterocycles. The van der Waals surface area contributed by atoms with Gasteiger partial charge in [0.1, 0.15) is 6.10 Å². The zero-order valence-electron chi connectivity index (χ0n) is 30.3. The Labute approximate surface area is 288 Å². The van der Waals surface area contributed by atoms with Crippen molar-refractivity contribution >= 4 is 19.4 Å². The van der Waals surface area contributed by atoms with Gasteiger partial charge in [-0.15, -0.1) is 0 Å². The van der Waals surface area contributed by atoms with Gasteiger partial charge in [0, 0.05) is 12.8 Å². The molecule has 0 aliphatic heterocycles. The van der Waals surface area contributed by atoms with Crippen LogP contribution in [0.5, 0.6) is 0 Å². The van der Waals surface area contributed by atoms with Crippen molar-refractivity contribution in [2.45, 2.75) is 206 Å². The fourth-order valence-corrected chi connectivity index (χ4v) is 5.43. The van der Waals surface area contributed by atoms with Crippen molar-refractivity contribution in [3.63, 3.8) is 0 Å². The zero-order valence-corrected chi connectivity index (χ0v) is 31.2. The van der Waals surface area contributed by atoms with E-state index in [9.17, 15) is 14.7 Å². The molecule has 0 amide bonds. The number of nitrogens with two attached hydrogens (primary N) is 1. The number of rotatable bonds is 33. The maximum absolute atomic E-state index is 12.4. The first-order chi connectivity index (χ1) is 22.5. The van der Waals surface area contributed by atoms with Gasteiger partial charge in [-0.25, -0.2) is 4.57 Å². The molecule has 0 aliphatic carbocycles. The van der Waals surface area contributed by atoms with Crippen molar-refractivity contribution in [2.24, 2.45) is 5.73 Å². The summed E-state index contributed by atoms with van der Waals surface area (Å²) in [4.78, 5) is 46.3. The lowest BCUT2D eigenvalue weighted by Gasteiger charge is -2.16. The van der Waals surface area contributed by atoms with Gasteiger partial charge in [0.25, 0.3) is 0 Å². The number of aliphatic hydroxyl groups excluding tert-OH is 1. The number of Topliss-reactive ketones (excluding diaryl/α,β-unsaturated/α-hetero) is 2. The molecule has 8 nitrogen and oxygen atoms in total. The summed E-state index contributed by atoms with van der Waals surface area (Å²) >= 11 is 0. The lowest BCUT2D eigenvalue weighted by Crippen LogP contribution is -2.46. The van der Waals surface area contributed by atoms with Crippen molar-refractivity contribution in [2.75, 3.05) is 0 Å². The quantitative estimate of drug-likeness (QED) is 0.0259. The van der Waals surface area contributed by atoms with E-state index in [-0.39, 0.29) is 11.6 Å². The number of aliphatic hydroxyl groups is 1.